The molecule has 0 radical (unpaired) electrons. The maximum atomic E-state index is 12.7. The van der Waals surface area contributed by atoms with Gasteiger partial charge in [0.1, 0.15) is 0 Å². The summed E-state index contributed by atoms with van der Waals surface area (Å²) in [6.45, 7) is 6.64. The van der Waals surface area contributed by atoms with Crippen LogP contribution in [-0.4, -0.2) is 25.2 Å². The first kappa shape index (κ1) is 23.3. The summed E-state index contributed by atoms with van der Waals surface area (Å²) < 4.78 is 3.34. The minimum Gasteiger partial charge on any atom is -0.277 e. The average molecular weight is 477 g/mol. The van der Waals surface area contributed by atoms with Crippen LogP contribution in [0, 0.1) is 13.8 Å². The van der Waals surface area contributed by atoms with E-state index in [0.717, 1.165) is 22.5 Å². The molecule has 0 unspecified atom stereocenters. The van der Waals surface area contributed by atoms with Crippen LogP contribution in [0.25, 0.3) is 17.0 Å². The molecule has 0 aliphatic carbocycles. The van der Waals surface area contributed by atoms with E-state index in [1.807, 2.05) is 55.8 Å². The Morgan fingerprint density at radius 3 is 2.62 bits per heavy atom. The molecule has 0 atom stereocenters. The van der Waals surface area contributed by atoms with Crippen molar-refractivity contribution in [1.82, 2.24) is 24.8 Å². The summed E-state index contributed by atoms with van der Waals surface area (Å²) in [5, 5.41) is 5.80. The van der Waals surface area contributed by atoms with Gasteiger partial charge in [0.2, 0.25) is 5.95 Å². The second kappa shape index (κ2) is 9.93. The SMILES string of the molecule is CCn1c(NNC(=O)/C=C/c2c(C)nn(Cc3ccccc3Cl)c2C)nc2ccccc2c1=O. The van der Waals surface area contributed by atoms with E-state index in [4.69, 9.17) is 11.6 Å². The van der Waals surface area contributed by atoms with Crippen LogP contribution in [0.5, 0.6) is 0 Å². The van der Waals surface area contributed by atoms with Crippen molar-refractivity contribution in [3.05, 3.63) is 92.5 Å². The number of nitrogens with zero attached hydrogens (tertiary/aromatic N) is 4. The highest BCUT2D eigenvalue weighted by atomic mass is 35.5. The second-order valence-electron chi connectivity index (χ2n) is 7.78. The molecule has 2 aromatic heterocycles. The van der Waals surface area contributed by atoms with Gasteiger partial charge in [-0.2, -0.15) is 5.10 Å². The average Bonchev–Trinajstić information content (AvgIpc) is 3.10. The fraction of sp³-hybridized carbons (Fsp3) is 0.200. The Bertz CT molecular complexity index is 1450. The molecular weight excluding hydrogens is 452 g/mol. The summed E-state index contributed by atoms with van der Waals surface area (Å²) in [4.78, 5) is 29.7. The fourth-order valence-electron chi connectivity index (χ4n) is 3.77. The smallest absolute Gasteiger partial charge is 0.262 e. The van der Waals surface area contributed by atoms with Gasteiger partial charge in [-0.05, 0) is 50.6 Å². The molecule has 0 saturated heterocycles. The number of benzene rings is 2. The Hall–Kier alpha value is -3.91. The lowest BCUT2D eigenvalue weighted by molar-refractivity contribution is -0.116. The number of nitrogens with one attached hydrogen (secondary N) is 2. The van der Waals surface area contributed by atoms with Crippen LogP contribution in [0.2, 0.25) is 5.02 Å². The van der Waals surface area contributed by atoms with E-state index < -0.39 is 0 Å². The summed E-state index contributed by atoms with van der Waals surface area (Å²) >= 11 is 6.28. The maximum Gasteiger partial charge on any atom is 0.262 e. The minimum atomic E-state index is -0.386. The van der Waals surface area contributed by atoms with Gasteiger partial charge in [0.05, 0.1) is 23.1 Å². The van der Waals surface area contributed by atoms with Gasteiger partial charge in [0.15, 0.2) is 0 Å². The number of carbonyl (C=O) groups is 1. The first-order chi connectivity index (χ1) is 16.4. The number of amides is 1. The summed E-state index contributed by atoms with van der Waals surface area (Å²) in [7, 11) is 0. The first-order valence-electron chi connectivity index (χ1n) is 10.9. The number of aryl methyl sites for hydroxylation is 1. The number of anilines is 1. The molecule has 4 aromatic rings. The number of fused-ring (bicyclic) bond motifs is 1. The predicted octanol–water partition coefficient (Wildman–Crippen LogP) is 4.09. The lowest BCUT2D eigenvalue weighted by atomic mass is 10.1. The van der Waals surface area contributed by atoms with Gasteiger partial charge in [-0.3, -0.25) is 29.7 Å². The van der Waals surface area contributed by atoms with E-state index in [0.29, 0.717) is 29.0 Å². The molecule has 1 amide bonds. The highest BCUT2D eigenvalue weighted by molar-refractivity contribution is 6.31. The van der Waals surface area contributed by atoms with Crippen LogP contribution in [-0.2, 0) is 17.9 Å². The van der Waals surface area contributed by atoms with Crippen molar-refractivity contribution in [3.63, 3.8) is 0 Å². The van der Waals surface area contributed by atoms with Gasteiger partial charge >= 0.3 is 0 Å². The largest absolute Gasteiger partial charge is 0.277 e. The Kier molecular flexibility index (Phi) is 6.79. The number of hydrogen-bond acceptors (Lipinski definition) is 5. The molecule has 2 heterocycles. The molecule has 0 spiro atoms. The lowest BCUT2D eigenvalue weighted by Crippen LogP contribution is -2.33. The number of hydrogen-bond donors (Lipinski definition) is 2. The Morgan fingerprint density at radius 2 is 1.85 bits per heavy atom. The zero-order chi connectivity index (χ0) is 24.2. The number of rotatable bonds is 7. The van der Waals surface area contributed by atoms with Gasteiger partial charge in [-0.15, -0.1) is 0 Å². The van der Waals surface area contributed by atoms with Gasteiger partial charge in [0, 0.05) is 28.9 Å². The number of aromatic nitrogens is 4. The van der Waals surface area contributed by atoms with Crippen molar-refractivity contribution in [2.45, 2.75) is 33.9 Å². The minimum absolute atomic E-state index is 0.169. The molecule has 4 rings (SSSR count). The second-order valence-corrected chi connectivity index (χ2v) is 8.19. The van der Waals surface area contributed by atoms with Crippen LogP contribution in [0.15, 0.2) is 59.4 Å². The maximum absolute atomic E-state index is 12.7. The Labute approximate surface area is 201 Å². The highest BCUT2D eigenvalue weighted by Gasteiger charge is 2.12. The van der Waals surface area contributed by atoms with Gasteiger partial charge in [0.25, 0.3) is 11.5 Å². The summed E-state index contributed by atoms with van der Waals surface area (Å²) in [6.07, 6.45) is 3.14. The summed E-state index contributed by atoms with van der Waals surface area (Å²) in [5.41, 5.74) is 9.30. The molecule has 9 heteroatoms. The Balaban J connectivity index is 1.48. The van der Waals surface area contributed by atoms with E-state index >= 15 is 0 Å². The zero-order valence-corrected chi connectivity index (χ0v) is 19.9. The molecule has 34 heavy (non-hydrogen) atoms. The van der Waals surface area contributed by atoms with Crippen molar-refractivity contribution in [1.29, 1.82) is 0 Å². The molecular formula is C25H25ClN6O2. The van der Waals surface area contributed by atoms with Crippen molar-refractivity contribution < 1.29 is 4.79 Å². The lowest BCUT2D eigenvalue weighted by Gasteiger charge is -2.13. The molecule has 2 aromatic carbocycles. The molecule has 2 N–H and O–H groups in total. The van der Waals surface area contributed by atoms with Gasteiger partial charge in [-0.25, -0.2) is 4.98 Å². The molecule has 174 valence electrons. The molecule has 0 aliphatic heterocycles. The third kappa shape index (κ3) is 4.72. The number of carbonyl (C=O) groups excluding carboxylic acids is 1. The van der Waals surface area contributed by atoms with Crippen molar-refractivity contribution in [2.75, 3.05) is 5.43 Å². The van der Waals surface area contributed by atoms with Gasteiger partial charge < -0.3 is 0 Å². The van der Waals surface area contributed by atoms with E-state index in [9.17, 15) is 9.59 Å². The molecule has 0 aliphatic rings. The van der Waals surface area contributed by atoms with Crippen LogP contribution in [0.3, 0.4) is 0 Å². The normalized spacial score (nSPS) is 11.3. The predicted molar refractivity (Wildman–Crippen MR) is 135 cm³/mol. The highest BCUT2D eigenvalue weighted by Crippen LogP contribution is 2.20. The fourth-order valence-corrected chi connectivity index (χ4v) is 3.96. The monoisotopic (exact) mass is 476 g/mol. The first-order valence-corrected chi connectivity index (χ1v) is 11.3. The standard InChI is InChI=1S/C25H25ClN6O2/c1-4-31-24(34)20-10-6-8-12-22(20)27-25(31)29-28-23(33)14-13-19-16(2)30-32(17(19)3)15-18-9-5-7-11-21(18)26/h5-14H,4,15H2,1-3H3,(H,27,29)(H,28,33)/b14-13+. The van der Waals surface area contributed by atoms with Crippen LogP contribution < -0.4 is 16.4 Å². The molecule has 0 saturated carbocycles. The van der Waals surface area contributed by atoms with E-state index in [1.165, 1.54) is 10.6 Å². The van der Waals surface area contributed by atoms with Crippen molar-refractivity contribution in [2.24, 2.45) is 0 Å². The summed E-state index contributed by atoms with van der Waals surface area (Å²) in [6, 6.07) is 14.7. The third-order valence-electron chi connectivity index (χ3n) is 5.59. The van der Waals surface area contributed by atoms with E-state index in [-0.39, 0.29) is 17.4 Å². The number of hydrazine groups is 1. The summed E-state index contributed by atoms with van der Waals surface area (Å²) in [5.74, 6) is -0.115. The van der Waals surface area contributed by atoms with Crippen LogP contribution in [0.4, 0.5) is 5.95 Å². The van der Waals surface area contributed by atoms with Crippen LogP contribution >= 0.6 is 11.6 Å². The number of halogens is 1. The third-order valence-corrected chi connectivity index (χ3v) is 5.96. The van der Waals surface area contributed by atoms with Gasteiger partial charge in [-0.1, -0.05) is 41.9 Å². The Morgan fingerprint density at radius 1 is 1.12 bits per heavy atom. The molecule has 0 bridgehead atoms. The van der Waals surface area contributed by atoms with Crippen molar-refractivity contribution in [3.8, 4) is 0 Å². The number of para-hydroxylation sites is 1. The molecule has 8 nitrogen and oxygen atoms in total. The van der Waals surface area contributed by atoms with E-state index in [2.05, 4.69) is 20.9 Å². The quantitative estimate of drug-likeness (QED) is 0.309. The topological polar surface area (TPSA) is 93.8 Å². The van der Waals surface area contributed by atoms with Crippen molar-refractivity contribution >= 4 is 40.4 Å². The zero-order valence-electron chi connectivity index (χ0n) is 19.2. The van der Waals surface area contributed by atoms with Crippen LogP contribution in [0.1, 0.15) is 29.4 Å². The molecule has 0 fully saturated rings. The van der Waals surface area contributed by atoms with E-state index in [1.54, 1.807) is 24.3 Å².